The molecule has 1 aliphatic rings. The Morgan fingerprint density at radius 2 is 2.31 bits per heavy atom. The third kappa shape index (κ3) is 1.54. The van der Waals surface area contributed by atoms with Crippen molar-refractivity contribution in [3.05, 3.63) is 41.4 Å². The summed E-state index contributed by atoms with van der Waals surface area (Å²) in [5, 5.41) is 2.75. The molecule has 0 bridgehead atoms. The van der Waals surface area contributed by atoms with Crippen molar-refractivity contribution in [3.63, 3.8) is 0 Å². The van der Waals surface area contributed by atoms with Gasteiger partial charge in [0.25, 0.3) is 5.91 Å². The smallest absolute Gasteiger partial charge is 0.251 e. The number of hydrogen-bond donors (Lipinski definition) is 2. The molecule has 0 aromatic carbocycles. The topological polar surface area (TPSA) is 44.9 Å². The molecule has 0 aliphatic carbocycles. The minimum Gasteiger partial charge on any atom is -0.362 e. The Bertz CT molecular complexity index is 385. The molecule has 3 heteroatoms. The molecular formula is C10H10N2O. The van der Waals surface area contributed by atoms with E-state index in [-0.39, 0.29) is 5.91 Å². The number of aromatic amines is 1. The molecule has 0 saturated heterocycles. The van der Waals surface area contributed by atoms with Gasteiger partial charge in [-0.2, -0.15) is 0 Å². The van der Waals surface area contributed by atoms with Gasteiger partial charge < -0.3 is 10.3 Å². The molecule has 1 aromatic heterocycles. The highest BCUT2D eigenvalue weighted by atomic mass is 16.1. The van der Waals surface area contributed by atoms with E-state index >= 15 is 0 Å². The second-order valence-corrected chi connectivity index (χ2v) is 3.01. The number of H-pyrrole nitrogens is 1. The monoisotopic (exact) mass is 174 g/mol. The Kier molecular flexibility index (Phi) is 1.77. The van der Waals surface area contributed by atoms with Crippen LogP contribution in [0.25, 0.3) is 6.08 Å². The predicted molar refractivity (Wildman–Crippen MR) is 50.7 cm³/mol. The molecular weight excluding hydrogens is 164 g/mol. The summed E-state index contributed by atoms with van der Waals surface area (Å²) in [6.07, 6.45) is 5.58. The quantitative estimate of drug-likeness (QED) is 0.664. The molecule has 0 fully saturated rings. The van der Waals surface area contributed by atoms with Crippen molar-refractivity contribution in [1.82, 2.24) is 10.3 Å². The first-order chi connectivity index (χ1) is 6.25. The highest BCUT2D eigenvalue weighted by molar-refractivity contribution is 5.99. The van der Waals surface area contributed by atoms with E-state index in [4.69, 9.17) is 0 Å². The molecule has 2 N–H and O–H groups in total. The third-order valence-electron chi connectivity index (χ3n) is 1.92. The SMILES string of the molecule is CC1=C/C(=C/c2ccc[nH]2)NC1=O. The highest BCUT2D eigenvalue weighted by Gasteiger charge is 2.13. The number of hydrogen-bond acceptors (Lipinski definition) is 1. The van der Waals surface area contributed by atoms with Crippen LogP contribution in [0, 0.1) is 0 Å². The van der Waals surface area contributed by atoms with Crippen LogP contribution in [-0.2, 0) is 4.79 Å². The third-order valence-corrected chi connectivity index (χ3v) is 1.92. The predicted octanol–water partition coefficient (Wildman–Crippen LogP) is 1.43. The number of carbonyl (C=O) groups excluding carboxylic acids is 1. The van der Waals surface area contributed by atoms with Gasteiger partial charge in [0, 0.05) is 23.2 Å². The molecule has 0 radical (unpaired) electrons. The van der Waals surface area contributed by atoms with Crippen molar-refractivity contribution < 1.29 is 4.79 Å². The molecule has 2 rings (SSSR count). The van der Waals surface area contributed by atoms with Crippen LogP contribution in [0.15, 0.2) is 35.7 Å². The number of rotatable bonds is 1. The maximum atomic E-state index is 11.1. The molecule has 3 nitrogen and oxygen atoms in total. The van der Waals surface area contributed by atoms with E-state index in [9.17, 15) is 4.79 Å². The van der Waals surface area contributed by atoms with Crippen molar-refractivity contribution in [2.45, 2.75) is 6.92 Å². The summed E-state index contributed by atoms with van der Waals surface area (Å²) in [6.45, 7) is 1.80. The lowest BCUT2D eigenvalue weighted by atomic mass is 10.3. The van der Waals surface area contributed by atoms with Crippen LogP contribution in [0.5, 0.6) is 0 Å². The first-order valence-electron chi connectivity index (χ1n) is 4.10. The first kappa shape index (κ1) is 7.86. The van der Waals surface area contributed by atoms with Crippen LogP contribution < -0.4 is 5.32 Å². The molecule has 13 heavy (non-hydrogen) atoms. The zero-order valence-corrected chi connectivity index (χ0v) is 7.29. The second-order valence-electron chi connectivity index (χ2n) is 3.01. The average Bonchev–Trinajstić information content (AvgIpc) is 2.64. The van der Waals surface area contributed by atoms with Gasteiger partial charge in [0.05, 0.1) is 0 Å². The second kappa shape index (κ2) is 2.94. The molecule has 1 aliphatic heterocycles. The minimum atomic E-state index is -0.0159. The molecule has 0 atom stereocenters. The van der Waals surface area contributed by atoms with Gasteiger partial charge in [-0.3, -0.25) is 4.79 Å². The van der Waals surface area contributed by atoms with E-state index in [1.54, 1.807) is 6.92 Å². The van der Waals surface area contributed by atoms with Gasteiger partial charge in [-0.05, 0) is 31.2 Å². The summed E-state index contributed by atoms with van der Waals surface area (Å²) in [6, 6.07) is 3.86. The van der Waals surface area contributed by atoms with Gasteiger partial charge in [0.2, 0.25) is 0 Å². The maximum absolute atomic E-state index is 11.1. The van der Waals surface area contributed by atoms with E-state index in [1.165, 1.54) is 0 Å². The Morgan fingerprint density at radius 3 is 2.85 bits per heavy atom. The van der Waals surface area contributed by atoms with E-state index in [2.05, 4.69) is 10.3 Å². The molecule has 0 unspecified atom stereocenters. The van der Waals surface area contributed by atoms with E-state index in [0.717, 1.165) is 17.0 Å². The summed E-state index contributed by atoms with van der Waals surface area (Å²) in [5.74, 6) is -0.0159. The lowest BCUT2D eigenvalue weighted by Gasteiger charge is -1.94. The highest BCUT2D eigenvalue weighted by Crippen LogP contribution is 2.12. The van der Waals surface area contributed by atoms with Crippen LogP contribution >= 0.6 is 0 Å². The fraction of sp³-hybridized carbons (Fsp3) is 0.100. The first-order valence-corrected chi connectivity index (χ1v) is 4.10. The Hall–Kier alpha value is -1.77. The van der Waals surface area contributed by atoms with E-state index in [1.807, 2.05) is 30.5 Å². The zero-order valence-electron chi connectivity index (χ0n) is 7.29. The molecule has 66 valence electrons. The van der Waals surface area contributed by atoms with Gasteiger partial charge in [-0.15, -0.1) is 0 Å². The summed E-state index contributed by atoms with van der Waals surface area (Å²) in [7, 11) is 0. The fourth-order valence-electron chi connectivity index (χ4n) is 1.24. The van der Waals surface area contributed by atoms with E-state index in [0.29, 0.717) is 0 Å². The minimum absolute atomic E-state index is 0.0159. The van der Waals surface area contributed by atoms with Crippen molar-refractivity contribution in [3.8, 4) is 0 Å². The Balaban J connectivity index is 2.25. The molecule has 1 aromatic rings. The van der Waals surface area contributed by atoms with Crippen molar-refractivity contribution in [2.24, 2.45) is 0 Å². The normalized spacial score (nSPS) is 19.0. The summed E-state index contributed by atoms with van der Waals surface area (Å²) in [4.78, 5) is 14.1. The van der Waals surface area contributed by atoms with Gasteiger partial charge >= 0.3 is 0 Å². The summed E-state index contributed by atoms with van der Waals surface area (Å²) < 4.78 is 0. The van der Waals surface area contributed by atoms with Crippen LogP contribution in [-0.4, -0.2) is 10.9 Å². The largest absolute Gasteiger partial charge is 0.362 e. The van der Waals surface area contributed by atoms with Crippen LogP contribution in [0.2, 0.25) is 0 Å². The number of allylic oxidation sites excluding steroid dienone is 1. The van der Waals surface area contributed by atoms with E-state index < -0.39 is 0 Å². The zero-order chi connectivity index (χ0) is 9.26. The molecule has 1 amide bonds. The molecule has 0 spiro atoms. The lowest BCUT2D eigenvalue weighted by Crippen LogP contribution is -2.14. The Labute approximate surface area is 76.2 Å². The molecule has 0 saturated carbocycles. The number of carbonyl (C=O) groups is 1. The van der Waals surface area contributed by atoms with Crippen LogP contribution in [0.1, 0.15) is 12.6 Å². The standard InChI is InChI=1S/C10H10N2O/c1-7-5-9(12-10(7)13)6-8-3-2-4-11-8/h2-6,11H,1H3,(H,12,13)/b9-6-. The van der Waals surface area contributed by atoms with Crippen molar-refractivity contribution >= 4 is 12.0 Å². The fourth-order valence-corrected chi connectivity index (χ4v) is 1.24. The van der Waals surface area contributed by atoms with Crippen LogP contribution in [0.4, 0.5) is 0 Å². The number of amides is 1. The molecule has 2 heterocycles. The van der Waals surface area contributed by atoms with Gasteiger partial charge in [0.1, 0.15) is 0 Å². The summed E-state index contributed by atoms with van der Waals surface area (Å²) in [5.41, 5.74) is 2.57. The number of nitrogens with one attached hydrogen (secondary N) is 2. The van der Waals surface area contributed by atoms with Crippen molar-refractivity contribution in [1.29, 1.82) is 0 Å². The van der Waals surface area contributed by atoms with Gasteiger partial charge in [0.15, 0.2) is 0 Å². The average molecular weight is 174 g/mol. The Morgan fingerprint density at radius 1 is 1.46 bits per heavy atom. The van der Waals surface area contributed by atoms with Gasteiger partial charge in [-0.1, -0.05) is 0 Å². The summed E-state index contributed by atoms with van der Waals surface area (Å²) >= 11 is 0. The maximum Gasteiger partial charge on any atom is 0.251 e. The number of aromatic nitrogens is 1. The van der Waals surface area contributed by atoms with Crippen molar-refractivity contribution in [2.75, 3.05) is 0 Å². The van der Waals surface area contributed by atoms with Crippen LogP contribution in [0.3, 0.4) is 0 Å². The lowest BCUT2D eigenvalue weighted by molar-refractivity contribution is -0.116. The van der Waals surface area contributed by atoms with Gasteiger partial charge in [-0.25, -0.2) is 0 Å².